The Hall–Kier alpha value is -1.49. The minimum Gasteiger partial charge on any atom is -0.308 e. The summed E-state index contributed by atoms with van der Waals surface area (Å²) in [6, 6.07) is 1.33. The maximum Gasteiger partial charge on any atom is 0.144 e. The van der Waals surface area contributed by atoms with Gasteiger partial charge in [0.25, 0.3) is 0 Å². The molecule has 4 nitrogen and oxygen atoms in total. The summed E-state index contributed by atoms with van der Waals surface area (Å²) < 4.78 is 12.9. The molecule has 82 valence electrons. The summed E-state index contributed by atoms with van der Waals surface area (Å²) in [5.74, 6) is 5.34. The second-order valence-corrected chi connectivity index (χ2v) is 4.17. The molecule has 1 rings (SSSR count). The fraction of sp³-hybridized carbons (Fsp3) is 0.400. The smallest absolute Gasteiger partial charge is 0.144 e. The van der Waals surface area contributed by atoms with E-state index in [1.165, 1.54) is 12.3 Å². The lowest BCUT2D eigenvalue weighted by atomic mass is 10.1. The van der Waals surface area contributed by atoms with Gasteiger partial charge >= 0.3 is 0 Å². The molecule has 3 N–H and O–H groups in total. The highest BCUT2D eigenvalue weighted by Gasteiger charge is 2.11. The number of rotatable bonds is 1. The second kappa shape index (κ2) is 4.35. The van der Waals surface area contributed by atoms with Crippen LogP contribution in [-0.2, 0) is 0 Å². The maximum atomic E-state index is 12.9. The molecule has 1 heterocycles. The van der Waals surface area contributed by atoms with E-state index < -0.39 is 5.82 Å². The van der Waals surface area contributed by atoms with E-state index in [0.717, 1.165) is 6.20 Å². The summed E-state index contributed by atoms with van der Waals surface area (Å²) in [6.45, 7) is 5.78. The largest absolute Gasteiger partial charge is 0.308 e. The fourth-order valence-electron chi connectivity index (χ4n) is 1.06. The van der Waals surface area contributed by atoms with Crippen molar-refractivity contribution in [1.29, 1.82) is 0 Å². The molecule has 0 spiro atoms. The Kier molecular flexibility index (Phi) is 3.36. The summed E-state index contributed by atoms with van der Waals surface area (Å²) in [5, 5.41) is 0. The Labute approximate surface area is 88.4 Å². The number of hydrogen-bond donors (Lipinski definition) is 2. The van der Waals surface area contributed by atoms with Gasteiger partial charge in [0, 0.05) is 11.8 Å². The molecule has 15 heavy (non-hydrogen) atoms. The SMILES string of the molecule is CC(C)(C)N=C(NN)c1cncc(F)c1. The van der Waals surface area contributed by atoms with Crippen molar-refractivity contribution in [1.82, 2.24) is 10.4 Å². The van der Waals surface area contributed by atoms with Gasteiger partial charge in [0.1, 0.15) is 11.7 Å². The zero-order chi connectivity index (χ0) is 11.5. The third-order valence-electron chi connectivity index (χ3n) is 1.56. The van der Waals surface area contributed by atoms with Gasteiger partial charge in [-0.1, -0.05) is 0 Å². The van der Waals surface area contributed by atoms with Crippen molar-refractivity contribution in [3.63, 3.8) is 0 Å². The van der Waals surface area contributed by atoms with Crippen molar-refractivity contribution in [2.45, 2.75) is 26.3 Å². The summed E-state index contributed by atoms with van der Waals surface area (Å²) in [5.41, 5.74) is 2.70. The zero-order valence-electron chi connectivity index (χ0n) is 9.08. The van der Waals surface area contributed by atoms with E-state index in [1.54, 1.807) is 0 Å². The van der Waals surface area contributed by atoms with E-state index in [9.17, 15) is 4.39 Å². The van der Waals surface area contributed by atoms with E-state index >= 15 is 0 Å². The molecule has 0 unspecified atom stereocenters. The van der Waals surface area contributed by atoms with Crippen LogP contribution in [0.25, 0.3) is 0 Å². The number of hydrazine groups is 1. The molecule has 1 aromatic heterocycles. The molecule has 0 aromatic carbocycles. The Balaban J connectivity index is 3.08. The number of amidine groups is 1. The Morgan fingerprint density at radius 3 is 2.60 bits per heavy atom. The first-order valence-electron chi connectivity index (χ1n) is 4.60. The first-order chi connectivity index (χ1) is 6.92. The lowest BCUT2D eigenvalue weighted by Gasteiger charge is -2.15. The molecule has 0 saturated carbocycles. The molecule has 0 saturated heterocycles. The highest BCUT2D eigenvalue weighted by Crippen LogP contribution is 2.09. The van der Waals surface area contributed by atoms with Gasteiger partial charge in [0.2, 0.25) is 0 Å². The first-order valence-corrected chi connectivity index (χ1v) is 4.60. The fourth-order valence-corrected chi connectivity index (χ4v) is 1.06. The van der Waals surface area contributed by atoms with E-state index in [1.807, 2.05) is 20.8 Å². The van der Waals surface area contributed by atoms with Gasteiger partial charge < -0.3 is 5.43 Å². The number of nitrogens with zero attached hydrogens (tertiary/aromatic N) is 2. The third-order valence-corrected chi connectivity index (χ3v) is 1.56. The van der Waals surface area contributed by atoms with Crippen molar-refractivity contribution in [3.8, 4) is 0 Å². The number of halogens is 1. The summed E-state index contributed by atoms with van der Waals surface area (Å²) in [4.78, 5) is 8.04. The number of nitrogens with one attached hydrogen (secondary N) is 1. The predicted octanol–water partition coefficient (Wildman–Crippen LogP) is 1.23. The van der Waals surface area contributed by atoms with Crippen molar-refractivity contribution < 1.29 is 4.39 Å². The van der Waals surface area contributed by atoms with E-state index in [-0.39, 0.29) is 5.54 Å². The van der Waals surface area contributed by atoms with Gasteiger partial charge in [0.05, 0.1) is 11.7 Å². The van der Waals surface area contributed by atoms with E-state index in [4.69, 9.17) is 5.84 Å². The monoisotopic (exact) mass is 210 g/mol. The lowest BCUT2D eigenvalue weighted by Crippen LogP contribution is -2.33. The van der Waals surface area contributed by atoms with E-state index in [0.29, 0.717) is 11.4 Å². The van der Waals surface area contributed by atoms with Crippen LogP contribution < -0.4 is 11.3 Å². The molecule has 1 aromatic rings. The molecule has 0 radical (unpaired) electrons. The third kappa shape index (κ3) is 3.63. The van der Waals surface area contributed by atoms with Gasteiger partial charge in [-0.3, -0.25) is 9.98 Å². The highest BCUT2D eigenvalue weighted by atomic mass is 19.1. The molecule has 0 amide bonds. The van der Waals surface area contributed by atoms with Gasteiger partial charge in [0.15, 0.2) is 0 Å². The van der Waals surface area contributed by atoms with Crippen LogP contribution in [0.15, 0.2) is 23.5 Å². The van der Waals surface area contributed by atoms with Crippen LogP contribution in [0.5, 0.6) is 0 Å². The van der Waals surface area contributed by atoms with E-state index in [2.05, 4.69) is 15.4 Å². The maximum absolute atomic E-state index is 12.9. The lowest BCUT2D eigenvalue weighted by molar-refractivity contribution is 0.579. The average Bonchev–Trinajstić information content (AvgIpc) is 2.13. The minimum absolute atomic E-state index is 0.284. The van der Waals surface area contributed by atoms with Crippen molar-refractivity contribution in [2.75, 3.05) is 0 Å². The molecule has 0 aliphatic carbocycles. The first kappa shape index (κ1) is 11.6. The molecule has 0 fully saturated rings. The zero-order valence-corrected chi connectivity index (χ0v) is 9.08. The van der Waals surface area contributed by atoms with Crippen molar-refractivity contribution in [2.24, 2.45) is 10.8 Å². The minimum atomic E-state index is -0.413. The van der Waals surface area contributed by atoms with Crippen LogP contribution in [0.4, 0.5) is 4.39 Å². The highest BCUT2D eigenvalue weighted by molar-refractivity contribution is 5.98. The molecule has 5 heteroatoms. The molecular weight excluding hydrogens is 195 g/mol. The van der Waals surface area contributed by atoms with Gasteiger partial charge in [-0.15, -0.1) is 0 Å². The number of nitrogens with two attached hydrogens (primary N) is 1. The number of aliphatic imine (C=N–C) groups is 1. The van der Waals surface area contributed by atoms with Gasteiger partial charge in [-0.05, 0) is 26.8 Å². The van der Waals surface area contributed by atoms with Crippen molar-refractivity contribution >= 4 is 5.84 Å². The molecule has 0 aliphatic rings. The van der Waals surface area contributed by atoms with Gasteiger partial charge in [-0.25, -0.2) is 10.2 Å². The Bertz CT molecular complexity index is 368. The van der Waals surface area contributed by atoms with Gasteiger partial charge in [-0.2, -0.15) is 0 Å². The van der Waals surface area contributed by atoms with Crippen LogP contribution >= 0.6 is 0 Å². The van der Waals surface area contributed by atoms with Crippen molar-refractivity contribution in [3.05, 3.63) is 29.8 Å². The second-order valence-electron chi connectivity index (χ2n) is 4.17. The predicted molar refractivity (Wildman–Crippen MR) is 57.8 cm³/mol. The quantitative estimate of drug-likeness (QED) is 0.317. The molecule has 0 atom stereocenters. The summed E-state index contributed by atoms with van der Waals surface area (Å²) >= 11 is 0. The molecule has 0 aliphatic heterocycles. The standard InChI is InChI=1S/C10H15FN4/c1-10(2,3)14-9(15-12)7-4-8(11)6-13-5-7/h4-6H,12H2,1-3H3,(H,14,15). The van der Waals surface area contributed by atoms with Crippen LogP contribution in [0.3, 0.4) is 0 Å². The average molecular weight is 210 g/mol. The topological polar surface area (TPSA) is 63.3 Å². The summed E-state index contributed by atoms with van der Waals surface area (Å²) in [6.07, 6.45) is 2.64. The van der Waals surface area contributed by atoms with Crippen LogP contribution in [-0.4, -0.2) is 16.4 Å². The molecule has 0 bridgehead atoms. The Morgan fingerprint density at radius 2 is 2.13 bits per heavy atom. The molecular formula is C10H15FN4. The number of aromatic nitrogens is 1. The van der Waals surface area contributed by atoms with Crippen LogP contribution in [0, 0.1) is 5.82 Å². The van der Waals surface area contributed by atoms with Crippen LogP contribution in [0.1, 0.15) is 26.3 Å². The summed E-state index contributed by atoms with van der Waals surface area (Å²) in [7, 11) is 0. The number of hydrogen-bond acceptors (Lipinski definition) is 3. The Morgan fingerprint density at radius 1 is 1.47 bits per heavy atom. The normalized spacial score (nSPS) is 12.7. The number of pyridine rings is 1. The van der Waals surface area contributed by atoms with Crippen LogP contribution in [0.2, 0.25) is 0 Å².